The fourth-order valence-corrected chi connectivity index (χ4v) is 3.11. The van der Waals surface area contributed by atoms with E-state index >= 15 is 0 Å². The summed E-state index contributed by atoms with van der Waals surface area (Å²) in [6.07, 6.45) is 5.94. The van der Waals surface area contributed by atoms with Gasteiger partial charge in [0.25, 0.3) is 0 Å². The Morgan fingerprint density at radius 2 is 2.06 bits per heavy atom. The number of hydrogen-bond donors (Lipinski definition) is 1. The van der Waals surface area contributed by atoms with Crippen LogP contribution < -0.4 is 5.32 Å². The van der Waals surface area contributed by atoms with E-state index in [-0.39, 0.29) is 11.9 Å². The van der Waals surface area contributed by atoms with Gasteiger partial charge in [0.2, 0.25) is 5.91 Å². The molecule has 2 fully saturated rings. The van der Waals surface area contributed by atoms with E-state index in [1.54, 1.807) is 0 Å². The van der Waals surface area contributed by atoms with E-state index in [0.29, 0.717) is 5.92 Å². The van der Waals surface area contributed by atoms with Gasteiger partial charge in [0.1, 0.15) is 5.41 Å². The lowest BCUT2D eigenvalue weighted by molar-refractivity contribution is -0.133. The number of rotatable bonds is 2. The summed E-state index contributed by atoms with van der Waals surface area (Å²) >= 11 is 0. The number of amides is 1. The number of nitriles is 1. The minimum atomic E-state index is -0.692. The zero-order valence-electron chi connectivity index (χ0n) is 10.8. The maximum atomic E-state index is 12.1. The lowest BCUT2D eigenvalue weighted by atomic mass is 9.69. The van der Waals surface area contributed by atoms with Gasteiger partial charge in [-0.15, -0.1) is 0 Å². The maximum Gasteiger partial charge on any atom is 0.240 e. The third kappa shape index (κ3) is 2.31. The normalized spacial score (nSPS) is 35.5. The van der Waals surface area contributed by atoms with Crippen LogP contribution in [-0.2, 0) is 4.79 Å². The highest BCUT2D eigenvalue weighted by Crippen LogP contribution is 2.41. The van der Waals surface area contributed by atoms with E-state index < -0.39 is 5.41 Å². The number of nitrogens with one attached hydrogen (secondary N) is 1. The van der Waals surface area contributed by atoms with Gasteiger partial charge in [-0.3, -0.25) is 4.79 Å². The van der Waals surface area contributed by atoms with Crippen LogP contribution in [0.1, 0.15) is 52.4 Å². The van der Waals surface area contributed by atoms with Crippen LogP contribution in [0.15, 0.2) is 0 Å². The van der Waals surface area contributed by atoms with Crippen molar-refractivity contribution in [3.8, 4) is 6.07 Å². The second-order valence-corrected chi connectivity index (χ2v) is 6.02. The van der Waals surface area contributed by atoms with Crippen molar-refractivity contribution in [3.63, 3.8) is 0 Å². The van der Waals surface area contributed by atoms with Crippen LogP contribution >= 0.6 is 0 Å². The predicted octanol–water partition coefficient (Wildman–Crippen LogP) is 2.62. The largest absolute Gasteiger partial charge is 0.352 e. The molecule has 3 nitrogen and oxygen atoms in total. The monoisotopic (exact) mass is 234 g/mol. The molecular formula is C14H22N2O. The molecule has 2 rings (SSSR count). The number of hydrogen-bond acceptors (Lipinski definition) is 2. The Hall–Kier alpha value is -1.04. The summed E-state index contributed by atoms with van der Waals surface area (Å²) < 4.78 is 0. The molecule has 0 bridgehead atoms. The van der Waals surface area contributed by atoms with Crippen LogP contribution in [-0.4, -0.2) is 11.9 Å². The predicted molar refractivity (Wildman–Crippen MR) is 66.0 cm³/mol. The van der Waals surface area contributed by atoms with E-state index in [1.165, 1.54) is 12.8 Å². The van der Waals surface area contributed by atoms with Crippen molar-refractivity contribution in [2.75, 3.05) is 0 Å². The Morgan fingerprint density at radius 3 is 2.53 bits per heavy atom. The van der Waals surface area contributed by atoms with Crippen molar-refractivity contribution in [2.45, 2.75) is 58.4 Å². The van der Waals surface area contributed by atoms with E-state index in [2.05, 4.69) is 25.2 Å². The van der Waals surface area contributed by atoms with E-state index in [9.17, 15) is 4.79 Å². The van der Waals surface area contributed by atoms with Crippen LogP contribution in [0.25, 0.3) is 0 Å². The summed E-state index contributed by atoms with van der Waals surface area (Å²) in [6, 6.07) is 2.50. The standard InChI is InChI=1S/C14H22N2O/c1-10-4-5-12(11(2)8-10)16-13(17)14(9-15)6-3-7-14/h10-12H,3-8H2,1-2H3,(H,16,17). The average molecular weight is 234 g/mol. The molecule has 0 radical (unpaired) electrons. The van der Waals surface area contributed by atoms with Crippen LogP contribution in [0, 0.1) is 28.6 Å². The molecule has 2 aliphatic rings. The van der Waals surface area contributed by atoms with Gasteiger partial charge in [-0.25, -0.2) is 0 Å². The van der Waals surface area contributed by atoms with Gasteiger partial charge in [0.05, 0.1) is 6.07 Å². The van der Waals surface area contributed by atoms with Crippen molar-refractivity contribution in [2.24, 2.45) is 17.3 Å². The topological polar surface area (TPSA) is 52.9 Å². The van der Waals surface area contributed by atoms with E-state index in [1.807, 2.05) is 0 Å². The highest BCUT2D eigenvalue weighted by Gasteiger charge is 2.45. The Balaban J connectivity index is 1.93. The smallest absolute Gasteiger partial charge is 0.240 e. The molecule has 0 heterocycles. The molecule has 3 atom stereocenters. The molecule has 0 aromatic rings. The molecule has 0 saturated heterocycles. The molecule has 2 aliphatic carbocycles. The van der Waals surface area contributed by atoms with Gasteiger partial charge in [0.15, 0.2) is 0 Å². The van der Waals surface area contributed by atoms with Crippen molar-refractivity contribution in [1.82, 2.24) is 5.32 Å². The summed E-state index contributed by atoms with van der Waals surface area (Å²) in [5, 5.41) is 12.3. The molecule has 0 spiro atoms. The third-order valence-electron chi connectivity index (χ3n) is 4.60. The second kappa shape index (κ2) is 4.68. The summed E-state index contributed by atoms with van der Waals surface area (Å²) in [6.45, 7) is 4.48. The van der Waals surface area contributed by atoms with Crippen LogP contribution in [0.2, 0.25) is 0 Å². The van der Waals surface area contributed by atoms with Gasteiger partial charge in [-0.1, -0.05) is 13.8 Å². The fraction of sp³-hybridized carbons (Fsp3) is 0.857. The Labute approximate surface area is 104 Å². The SMILES string of the molecule is CC1CCC(NC(=O)C2(C#N)CCC2)C(C)C1. The maximum absolute atomic E-state index is 12.1. The summed E-state index contributed by atoms with van der Waals surface area (Å²) in [4.78, 5) is 12.1. The number of nitrogens with zero attached hydrogens (tertiary/aromatic N) is 1. The first kappa shape index (κ1) is 12.4. The minimum Gasteiger partial charge on any atom is -0.352 e. The number of carbonyl (C=O) groups is 1. The molecule has 0 aromatic heterocycles. The van der Waals surface area contributed by atoms with Crippen LogP contribution in [0.3, 0.4) is 0 Å². The first-order valence-electron chi connectivity index (χ1n) is 6.79. The van der Waals surface area contributed by atoms with Gasteiger partial charge in [0, 0.05) is 6.04 Å². The molecule has 1 amide bonds. The molecule has 94 valence electrons. The van der Waals surface area contributed by atoms with E-state index in [4.69, 9.17) is 5.26 Å². The summed E-state index contributed by atoms with van der Waals surface area (Å²) in [5.41, 5.74) is -0.692. The van der Waals surface area contributed by atoms with Crippen molar-refractivity contribution in [3.05, 3.63) is 0 Å². The lowest BCUT2D eigenvalue weighted by Gasteiger charge is -2.38. The Bertz CT molecular complexity index is 341. The molecule has 2 saturated carbocycles. The van der Waals surface area contributed by atoms with Gasteiger partial charge in [-0.05, 0) is 50.4 Å². The molecular weight excluding hydrogens is 212 g/mol. The third-order valence-corrected chi connectivity index (χ3v) is 4.60. The van der Waals surface area contributed by atoms with Gasteiger partial charge >= 0.3 is 0 Å². The minimum absolute atomic E-state index is 0.0161. The Kier molecular flexibility index (Phi) is 3.42. The second-order valence-electron chi connectivity index (χ2n) is 6.02. The molecule has 3 heteroatoms. The zero-order chi connectivity index (χ0) is 12.5. The highest BCUT2D eigenvalue weighted by molar-refractivity contribution is 5.86. The van der Waals surface area contributed by atoms with Crippen molar-refractivity contribution >= 4 is 5.91 Å². The summed E-state index contributed by atoms with van der Waals surface area (Å²) in [5.74, 6) is 1.29. The highest BCUT2D eigenvalue weighted by atomic mass is 16.2. The van der Waals surface area contributed by atoms with Crippen LogP contribution in [0.5, 0.6) is 0 Å². The average Bonchev–Trinajstić information content (AvgIpc) is 2.21. The van der Waals surface area contributed by atoms with Crippen LogP contribution in [0.4, 0.5) is 0 Å². The first-order valence-corrected chi connectivity index (χ1v) is 6.79. The Morgan fingerprint density at radius 1 is 1.35 bits per heavy atom. The molecule has 17 heavy (non-hydrogen) atoms. The van der Waals surface area contributed by atoms with E-state index in [0.717, 1.165) is 31.6 Å². The van der Waals surface area contributed by atoms with Gasteiger partial charge < -0.3 is 5.32 Å². The molecule has 0 aliphatic heterocycles. The quantitative estimate of drug-likeness (QED) is 0.798. The lowest BCUT2D eigenvalue weighted by Crippen LogP contribution is -2.51. The zero-order valence-corrected chi connectivity index (χ0v) is 10.8. The number of carbonyl (C=O) groups excluding carboxylic acids is 1. The summed E-state index contributed by atoms with van der Waals surface area (Å²) in [7, 11) is 0. The first-order chi connectivity index (χ1) is 8.07. The molecule has 3 unspecified atom stereocenters. The fourth-order valence-electron chi connectivity index (χ4n) is 3.11. The molecule has 0 aromatic carbocycles. The van der Waals surface area contributed by atoms with Crippen molar-refractivity contribution in [1.29, 1.82) is 5.26 Å². The van der Waals surface area contributed by atoms with Crippen molar-refractivity contribution < 1.29 is 4.79 Å². The van der Waals surface area contributed by atoms with Gasteiger partial charge in [-0.2, -0.15) is 5.26 Å². The molecule has 1 N–H and O–H groups in total.